The van der Waals surface area contributed by atoms with E-state index < -0.39 is 18.2 Å². The molecule has 2 atom stereocenters. The van der Waals surface area contributed by atoms with Crippen molar-refractivity contribution < 1.29 is 24.2 Å². The zero-order valence-corrected chi connectivity index (χ0v) is 12.1. The fraction of sp³-hybridized carbons (Fsp3) is 0.769. The van der Waals surface area contributed by atoms with Crippen LogP contribution in [0.4, 0.5) is 0 Å². The lowest BCUT2D eigenvalue weighted by atomic mass is 10.1. The van der Waals surface area contributed by atoms with Gasteiger partial charge in [0.15, 0.2) is 6.10 Å². The maximum absolute atomic E-state index is 11.7. The van der Waals surface area contributed by atoms with Crippen molar-refractivity contribution >= 4 is 17.8 Å². The number of nitrogens with one attached hydrogen (secondary N) is 2. The number of ether oxygens (including phenoxy) is 1. The monoisotopic (exact) mass is 286 g/mol. The van der Waals surface area contributed by atoms with Crippen molar-refractivity contribution in [1.82, 2.24) is 10.6 Å². The molecule has 0 bridgehead atoms. The van der Waals surface area contributed by atoms with Crippen molar-refractivity contribution in [3.63, 3.8) is 0 Å². The molecule has 2 amide bonds. The summed E-state index contributed by atoms with van der Waals surface area (Å²) in [5, 5.41) is 14.1. The van der Waals surface area contributed by atoms with E-state index in [-0.39, 0.29) is 30.3 Å². The number of carboxylic acids is 1. The lowest BCUT2D eigenvalue weighted by Gasteiger charge is -2.20. The average molecular weight is 286 g/mol. The van der Waals surface area contributed by atoms with E-state index in [0.717, 1.165) is 0 Å². The van der Waals surface area contributed by atoms with Crippen LogP contribution < -0.4 is 10.6 Å². The highest BCUT2D eigenvalue weighted by atomic mass is 16.5. The van der Waals surface area contributed by atoms with Crippen LogP contribution in [0.1, 0.15) is 40.0 Å². The fourth-order valence-electron chi connectivity index (χ4n) is 1.91. The van der Waals surface area contributed by atoms with Crippen molar-refractivity contribution in [1.29, 1.82) is 0 Å². The number of carbonyl (C=O) groups excluding carboxylic acids is 2. The van der Waals surface area contributed by atoms with E-state index >= 15 is 0 Å². The number of rotatable bonds is 5. The first kappa shape index (κ1) is 16.4. The predicted octanol–water partition coefficient (Wildman–Crippen LogP) is 0.0396. The van der Waals surface area contributed by atoms with Crippen LogP contribution in [0.25, 0.3) is 0 Å². The van der Waals surface area contributed by atoms with Crippen molar-refractivity contribution in [2.24, 2.45) is 0 Å². The molecule has 0 aliphatic carbocycles. The minimum atomic E-state index is -1.05. The SMILES string of the molecule is CC(C)(C)NC(=O)CCNC(=O)[C@@H]1CC[C@H](C(=O)O)O1. The highest BCUT2D eigenvalue weighted by Gasteiger charge is 2.34. The first-order valence-corrected chi connectivity index (χ1v) is 6.66. The van der Waals surface area contributed by atoms with Crippen molar-refractivity contribution in [3.05, 3.63) is 0 Å². The van der Waals surface area contributed by atoms with E-state index in [4.69, 9.17) is 9.84 Å². The van der Waals surface area contributed by atoms with Gasteiger partial charge in [-0.15, -0.1) is 0 Å². The second kappa shape index (κ2) is 6.69. The first-order valence-electron chi connectivity index (χ1n) is 6.66. The number of hydrogen-bond acceptors (Lipinski definition) is 4. The maximum Gasteiger partial charge on any atom is 0.332 e. The third-order valence-electron chi connectivity index (χ3n) is 2.75. The summed E-state index contributed by atoms with van der Waals surface area (Å²) in [6.07, 6.45) is -0.746. The van der Waals surface area contributed by atoms with Gasteiger partial charge in [0.25, 0.3) is 0 Å². The smallest absolute Gasteiger partial charge is 0.332 e. The number of carbonyl (C=O) groups is 3. The van der Waals surface area contributed by atoms with Crippen LogP contribution in [-0.4, -0.2) is 47.2 Å². The molecule has 0 saturated carbocycles. The number of amides is 2. The molecule has 0 aromatic carbocycles. The first-order chi connectivity index (χ1) is 9.19. The highest BCUT2D eigenvalue weighted by Crippen LogP contribution is 2.19. The van der Waals surface area contributed by atoms with Crippen molar-refractivity contribution in [2.75, 3.05) is 6.54 Å². The van der Waals surface area contributed by atoms with E-state index in [2.05, 4.69) is 10.6 Å². The fourth-order valence-corrected chi connectivity index (χ4v) is 1.91. The predicted molar refractivity (Wildman–Crippen MR) is 71.1 cm³/mol. The molecule has 0 aromatic heterocycles. The van der Waals surface area contributed by atoms with Gasteiger partial charge >= 0.3 is 5.97 Å². The Kier molecular flexibility index (Phi) is 5.50. The largest absolute Gasteiger partial charge is 0.479 e. The molecule has 1 aliphatic heterocycles. The van der Waals surface area contributed by atoms with Gasteiger partial charge in [-0.3, -0.25) is 9.59 Å². The second-order valence-electron chi connectivity index (χ2n) is 5.87. The molecule has 0 radical (unpaired) electrons. The molecule has 20 heavy (non-hydrogen) atoms. The molecular formula is C13H22N2O5. The zero-order chi connectivity index (χ0) is 15.3. The van der Waals surface area contributed by atoms with Crippen LogP contribution in [-0.2, 0) is 19.1 Å². The molecule has 1 saturated heterocycles. The minimum absolute atomic E-state index is 0.145. The van der Waals surface area contributed by atoms with Gasteiger partial charge in [0.2, 0.25) is 11.8 Å². The van der Waals surface area contributed by atoms with Gasteiger partial charge in [-0.2, -0.15) is 0 Å². The summed E-state index contributed by atoms with van der Waals surface area (Å²) in [4.78, 5) is 33.9. The van der Waals surface area contributed by atoms with Crippen molar-refractivity contribution in [2.45, 2.75) is 57.8 Å². The van der Waals surface area contributed by atoms with Gasteiger partial charge in [0, 0.05) is 18.5 Å². The Balaban J connectivity index is 2.24. The standard InChI is InChI=1S/C13H22N2O5/c1-13(2,3)15-10(16)6-7-14-11(17)8-4-5-9(20-8)12(18)19/h8-9H,4-7H2,1-3H3,(H,14,17)(H,15,16)(H,18,19)/t8-,9+/m0/s1. The third kappa shape index (κ3) is 5.56. The molecule has 1 heterocycles. The summed E-state index contributed by atoms with van der Waals surface area (Å²) < 4.78 is 5.11. The summed E-state index contributed by atoms with van der Waals surface area (Å²) in [6, 6.07) is 0. The van der Waals surface area contributed by atoms with Gasteiger partial charge in [-0.05, 0) is 33.6 Å². The Morgan fingerprint density at radius 3 is 2.30 bits per heavy atom. The molecule has 1 rings (SSSR count). The molecule has 3 N–H and O–H groups in total. The third-order valence-corrected chi connectivity index (χ3v) is 2.75. The Hall–Kier alpha value is -1.63. The summed E-state index contributed by atoms with van der Waals surface area (Å²) in [7, 11) is 0. The van der Waals surface area contributed by atoms with E-state index in [1.54, 1.807) is 0 Å². The number of carboxylic acid groups (broad SMARTS) is 1. The lowest BCUT2D eigenvalue weighted by molar-refractivity contribution is -0.151. The normalized spacial score (nSPS) is 22.4. The molecule has 1 fully saturated rings. The lowest BCUT2D eigenvalue weighted by Crippen LogP contribution is -2.43. The molecule has 0 spiro atoms. The summed E-state index contributed by atoms with van der Waals surface area (Å²) in [5.41, 5.74) is -0.301. The van der Waals surface area contributed by atoms with Gasteiger partial charge in [0.05, 0.1) is 0 Å². The maximum atomic E-state index is 11.7. The minimum Gasteiger partial charge on any atom is -0.479 e. The molecule has 1 aliphatic rings. The molecule has 7 heteroatoms. The Morgan fingerprint density at radius 2 is 1.80 bits per heavy atom. The van der Waals surface area contributed by atoms with Gasteiger partial charge in [-0.25, -0.2) is 4.79 Å². The number of hydrogen-bond donors (Lipinski definition) is 3. The van der Waals surface area contributed by atoms with Gasteiger partial charge in [-0.1, -0.05) is 0 Å². The topological polar surface area (TPSA) is 105 Å². The van der Waals surface area contributed by atoms with Gasteiger partial charge in [0.1, 0.15) is 6.10 Å². The number of aliphatic carboxylic acids is 1. The molecule has 114 valence electrons. The molecule has 7 nitrogen and oxygen atoms in total. The summed E-state index contributed by atoms with van der Waals surface area (Å²) in [5.74, 6) is -1.56. The Labute approximate surface area is 118 Å². The van der Waals surface area contributed by atoms with Crippen LogP contribution in [0.2, 0.25) is 0 Å². The zero-order valence-electron chi connectivity index (χ0n) is 12.1. The second-order valence-corrected chi connectivity index (χ2v) is 5.87. The van der Waals surface area contributed by atoms with E-state index in [1.807, 2.05) is 20.8 Å². The highest BCUT2D eigenvalue weighted by molar-refractivity contribution is 5.83. The van der Waals surface area contributed by atoms with E-state index in [1.165, 1.54) is 0 Å². The molecule has 0 unspecified atom stereocenters. The van der Waals surface area contributed by atoms with E-state index in [9.17, 15) is 14.4 Å². The summed E-state index contributed by atoms with van der Waals surface area (Å²) >= 11 is 0. The molecular weight excluding hydrogens is 264 g/mol. The van der Waals surface area contributed by atoms with Crippen LogP contribution in [0, 0.1) is 0 Å². The quantitative estimate of drug-likeness (QED) is 0.662. The molecule has 0 aromatic rings. The Bertz CT molecular complexity index is 389. The Morgan fingerprint density at radius 1 is 1.20 bits per heavy atom. The van der Waals surface area contributed by atoms with Gasteiger partial charge < -0.3 is 20.5 Å². The van der Waals surface area contributed by atoms with Crippen LogP contribution in [0.3, 0.4) is 0 Å². The van der Waals surface area contributed by atoms with Crippen LogP contribution in [0.15, 0.2) is 0 Å². The summed E-state index contributed by atoms with van der Waals surface area (Å²) in [6.45, 7) is 5.84. The van der Waals surface area contributed by atoms with E-state index in [0.29, 0.717) is 12.8 Å². The van der Waals surface area contributed by atoms with Crippen LogP contribution in [0.5, 0.6) is 0 Å². The average Bonchev–Trinajstić information content (AvgIpc) is 2.75. The van der Waals surface area contributed by atoms with Crippen molar-refractivity contribution in [3.8, 4) is 0 Å². The van der Waals surface area contributed by atoms with Crippen LogP contribution >= 0.6 is 0 Å².